The molecule has 1 aromatic rings. The molecule has 3 atom stereocenters. The molecule has 0 saturated heterocycles. The molecule has 0 bridgehead atoms. The van der Waals surface area contributed by atoms with Crippen LogP contribution in [0.1, 0.15) is 31.7 Å². The summed E-state index contributed by atoms with van der Waals surface area (Å²) in [6.07, 6.45) is 3.31. The van der Waals surface area contributed by atoms with Crippen LogP contribution in [0.25, 0.3) is 0 Å². The van der Waals surface area contributed by atoms with Gasteiger partial charge in [0.1, 0.15) is 5.82 Å². The fourth-order valence-electron chi connectivity index (χ4n) is 2.69. The van der Waals surface area contributed by atoms with Crippen LogP contribution in [0.2, 0.25) is 5.02 Å². The predicted molar refractivity (Wildman–Crippen MR) is 67.6 cm³/mol. The quantitative estimate of drug-likeness (QED) is 0.853. The van der Waals surface area contributed by atoms with Crippen LogP contribution in [0.4, 0.5) is 4.39 Å². The summed E-state index contributed by atoms with van der Waals surface area (Å²) in [6.45, 7) is 2.20. The average Bonchev–Trinajstić information content (AvgIpc) is 2.30. The minimum absolute atomic E-state index is 0.206. The van der Waals surface area contributed by atoms with Gasteiger partial charge in [0.2, 0.25) is 0 Å². The number of benzene rings is 1. The molecule has 1 aliphatic rings. The lowest BCUT2D eigenvalue weighted by Crippen LogP contribution is -2.29. The minimum atomic E-state index is -0.373. The SMILES string of the molecule is CC1CCC(O)C(Cc2cccc(F)c2Cl)C1. The summed E-state index contributed by atoms with van der Waals surface area (Å²) in [4.78, 5) is 0. The van der Waals surface area contributed by atoms with Gasteiger partial charge in [0.05, 0.1) is 11.1 Å². The lowest BCUT2D eigenvalue weighted by molar-refractivity contribution is 0.0519. The second-order valence-corrected chi connectivity index (χ2v) is 5.54. The smallest absolute Gasteiger partial charge is 0.142 e. The van der Waals surface area contributed by atoms with Gasteiger partial charge in [0.25, 0.3) is 0 Å². The Labute approximate surface area is 107 Å². The third-order valence-electron chi connectivity index (χ3n) is 3.72. The van der Waals surface area contributed by atoms with Crippen LogP contribution in [0.5, 0.6) is 0 Å². The van der Waals surface area contributed by atoms with Crippen molar-refractivity contribution >= 4 is 11.6 Å². The van der Waals surface area contributed by atoms with Crippen LogP contribution in [0.3, 0.4) is 0 Å². The van der Waals surface area contributed by atoms with Gasteiger partial charge in [-0.25, -0.2) is 4.39 Å². The second kappa shape index (κ2) is 5.36. The molecule has 3 heteroatoms. The second-order valence-electron chi connectivity index (χ2n) is 5.16. The first-order chi connectivity index (χ1) is 8.08. The number of aliphatic hydroxyl groups excluding tert-OH is 1. The number of halogens is 2. The Morgan fingerprint density at radius 1 is 1.41 bits per heavy atom. The van der Waals surface area contributed by atoms with Crippen LogP contribution < -0.4 is 0 Å². The molecule has 1 saturated carbocycles. The molecule has 1 aliphatic carbocycles. The largest absolute Gasteiger partial charge is 0.393 e. The van der Waals surface area contributed by atoms with Crippen molar-refractivity contribution in [3.63, 3.8) is 0 Å². The predicted octanol–water partition coefficient (Wildman–Crippen LogP) is 3.82. The molecule has 3 unspecified atom stereocenters. The molecule has 1 aromatic carbocycles. The molecule has 1 N–H and O–H groups in total. The summed E-state index contributed by atoms with van der Waals surface area (Å²) in [5.74, 6) is 0.469. The normalized spacial score (nSPS) is 29.3. The summed E-state index contributed by atoms with van der Waals surface area (Å²) in [5.41, 5.74) is 0.810. The lowest BCUT2D eigenvalue weighted by Gasteiger charge is -2.31. The molecular formula is C14H18ClFO. The van der Waals surface area contributed by atoms with E-state index in [2.05, 4.69) is 6.92 Å². The third kappa shape index (κ3) is 2.99. The molecule has 17 heavy (non-hydrogen) atoms. The number of hydrogen-bond acceptors (Lipinski definition) is 1. The van der Waals surface area contributed by atoms with E-state index >= 15 is 0 Å². The lowest BCUT2D eigenvalue weighted by atomic mass is 9.77. The topological polar surface area (TPSA) is 20.2 Å². The van der Waals surface area contributed by atoms with Crippen molar-refractivity contribution in [1.29, 1.82) is 0 Å². The van der Waals surface area contributed by atoms with Gasteiger partial charge in [0.15, 0.2) is 0 Å². The third-order valence-corrected chi connectivity index (χ3v) is 4.14. The van der Waals surface area contributed by atoms with Gasteiger partial charge in [-0.3, -0.25) is 0 Å². The monoisotopic (exact) mass is 256 g/mol. The Morgan fingerprint density at radius 3 is 2.94 bits per heavy atom. The molecule has 0 radical (unpaired) electrons. The Balaban J connectivity index is 2.11. The number of hydrogen-bond donors (Lipinski definition) is 1. The highest BCUT2D eigenvalue weighted by Gasteiger charge is 2.27. The van der Waals surface area contributed by atoms with Crippen LogP contribution >= 0.6 is 11.6 Å². The maximum atomic E-state index is 13.3. The van der Waals surface area contributed by atoms with E-state index in [4.69, 9.17) is 11.6 Å². The maximum absolute atomic E-state index is 13.3. The van der Waals surface area contributed by atoms with Gasteiger partial charge in [-0.15, -0.1) is 0 Å². The van der Waals surface area contributed by atoms with E-state index in [1.54, 1.807) is 6.07 Å². The molecule has 0 aliphatic heterocycles. The van der Waals surface area contributed by atoms with Crippen molar-refractivity contribution in [2.75, 3.05) is 0 Å². The summed E-state index contributed by atoms with van der Waals surface area (Å²) < 4.78 is 13.3. The molecule has 0 amide bonds. The molecule has 0 aromatic heterocycles. The van der Waals surface area contributed by atoms with Crippen LogP contribution in [-0.2, 0) is 6.42 Å². The highest BCUT2D eigenvalue weighted by Crippen LogP contribution is 2.33. The average molecular weight is 257 g/mol. The molecule has 1 nitrogen and oxygen atoms in total. The van der Waals surface area contributed by atoms with E-state index in [1.807, 2.05) is 6.07 Å². The summed E-state index contributed by atoms with van der Waals surface area (Å²) in [5, 5.41) is 10.2. The molecule has 1 fully saturated rings. The molecule has 94 valence electrons. The first-order valence-electron chi connectivity index (χ1n) is 6.19. The van der Waals surface area contributed by atoms with E-state index in [-0.39, 0.29) is 22.9 Å². The fraction of sp³-hybridized carbons (Fsp3) is 0.571. The maximum Gasteiger partial charge on any atom is 0.142 e. The van der Waals surface area contributed by atoms with E-state index in [0.29, 0.717) is 12.3 Å². The molecular weight excluding hydrogens is 239 g/mol. The van der Waals surface area contributed by atoms with Crippen molar-refractivity contribution in [1.82, 2.24) is 0 Å². The summed E-state index contributed by atoms with van der Waals surface area (Å²) in [6, 6.07) is 4.89. The highest BCUT2D eigenvalue weighted by atomic mass is 35.5. The van der Waals surface area contributed by atoms with Gasteiger partial charge >= 0.3 is 0 Å². The minimum Gasteiger partial charge on any atom is -0.393 e. The van der Waals surface area contributed by atoms with Gasteiger partial charge in [-0.1, -0.05) is 30.7 Å². The van der Waals surface area contributed by atoms with E-state index in [0.717, 1.165) is 24.8 Å². The number of aliphatic hydroxyl groups is 1. The number of rotatable bonds is 2. The van der Waals surface area contributed by atoms with Crippen molar-refractivity contribution < 1.29 is 9.50 Å². The van der Waals surface area contributed by atoms with Crippen molar-refractivity contribution in [2.24, 2.45) is 11.8 Å². The Morgan fingerprint density at radius 2 is 2.18 bits per heavy atom. The van der Waals surface area contributed by atoms with Crippen molar-refractivity contribution in [3.8, 4) is 0 Å². The first-order valence-corrected chi connectivity index (χ1v) is 6.56. The molecule has 0 spiro atoms. The van der Waals surface area contributed by atoms with Crippen LogP contribution in [0.15, 0.2) is 18.2 Å². The van der Waals surface area contributed by atoms with Gasteiger partial charge in [0, 0.05) is 0 Å². The highest BCUT2D eigenvalue weighted by molar-refractivity contribution is 6.31. The Kier molecular flexibility index (Phi) is 4.05. The summed E-state index contributed by atoms with van der Waals surface area (Å²) >= 11 is 5.94. The zero-order valence-electron chi connectivity index (χ0n) is 10.00. The van der Waals surface area contributed by atoms with E-state index < -0.39 is 0 Å². The Hall–Kier alpha value is -0.600. The van der Waals surface area contributed by atoms with Gasteiger partial charge < -0.3 is 5.11 Å². The van der Waals surface area contributed by atoms with Gasteiger partial charge in [-0.2, -0.15) is 0 Å². The molecule has 0 heterocycles. The van der Waals surface area contributed by atoms with Crippen molar-refractivity contribution in [3.05, 3.63) is 34.6 Å². The first kappa shape index (κ1) is 12.8. The van der Waals surface area contributed by atoms with Crippen LogP contribution in [-0.4, -0.2) is 11.2 Å². The Bertz CT molecular complexity index is 394. The standard InChI is InChI=1S/C14H18ClFO/c1-9-5-6-13(17)11(7-9)8-10-3-2-4-12(16)14(10)15/h2-4,9,11,13,17H,5-8H2,1H3. The zero-order valence-corrected chi connectivity index (χ0v) is 10.8. The summed E-state index contributed by atoms with van der Waals surface area (Å²) in [7, 11) is 0. The van der Waals surface area contributed by atoms with E-state index in [1.165, 1.54) is 6.07 Å². The fourth-order valence-corrected chi connectivity index (χ4v) is 2.89. The van der Waals surface area contributed by atoms with Crippen molar-refractivity contribution in [2.45, 2.75) is 38.7 Å². The van der Waals surface area contributed by atoms with E-state index in [9.17, 15) is 9.50 Å². The molecule has 2 rings (SSSR count). The van der Waals surface area contributed by atoms with Gasteiger partial charge in [-0.05, 0) is 49.1 Å². The zero-order chi connectivity index (χ0) is 12.4. The van der Waals surface area contributed by atoms with Crippen LogP contribution in [0, 0.1) is 17.7 Å².